The lowest BCUT2D eigenvalue weighted by Gasteiger charge is -2.22. The first-order valence-electron chi connectivity index (χ1n) is 4.54. The summed E-state index contributed by atoms with van der Waals surface area (Å²) in [6.45, 7) is 1.53. The first-order chi connectivity index (χ1) is 7.25. The zero-order chi connectivity index (χ0) is 12.5. The summed E-state index contributed by atoms with van der Waals surface area (Å²) >= 11 is 0. The monoisotopic (exact) mass is 271 g/mol. The number of phenolic OH excluding ortho intramolecular Hbond substituents is 1. The fourth-order valence-electron chi connectivity index (χ4n) is 1.32. The Hall–Kier alpha value is -0.980. The molecule has 0 heterocycles. The van der Waals surface area contributed by atoms with Crippen LogP contribution in [0.15, 0.2) is 18.2 Å². The Bertz CT molecular complexity index is 384. The van der Waals surface area contributed by atoms with Crippen LogP contribution in [0.25, 0.3) is 0 Å². The van der Waals surface area contributed by atoms with E-state index >= 15 is 0 Å². The molecule has 0 unspecified atom stereocenters. The van der Waals surface area contributed by atoms with Gasteiger partial charge in [-0.05, 0) is 12.5 Å². The molecule has 0 aromatic heterocycles. The van der Waals surface area contributed by atoms with Crippen LogP contribution < -0.4 is 5.73 Å². The number of aliphatic hydroxyl groups is 1. The first kappa shape index (κ1) is 16.0. The van der Waals surface area contributed by atoms with Crippen molar-refractivity contribution in [3.63, 3.8) is 0 Å². The van der Waals surface area contributed by atoms with Gasteiger partial charge in [0, 0.05) is 5.56 Å². The van der Waals surface area contributed by atoms with Gasteiger partial charge in [0.25, 0.3) is 0 Å². The summed E-state index contributed by atoms with van der Waals surface area (Å²) in [6.07, 6.45) is -7.50. The lowest BCUT2D eigenvalue weighted by Crippen LogP contribution is -2.38. The molecular formula is C10H13ClF3NO2. The van der Waals surface area contributed by atoms with Crippen molar-refractivity contribution >= 4 is 12.4 Å². The van der Waals surface area contributed by atoms with E-state index in [-0.39, 0.29) is 23.7 Å². The molecule has 98 valence electrons. The summed E-state index contributed by atoms with van der Waals surface area (Å²) in [4.78, 5) is 0. The third-order valence-corrected chi connectivity index (χ3v) is 2.30. The standard InChI is InChI=1S/C10H12F3NO2.ClH/c1-5-3-2-4-6(8(5)15)7(14)9(16)10(11,12)13;/h2-4,7,9,15-16H,14H2,1H3;1H/t7-,9-;/m1./s1. The van der Waals surface area contributed by atoms with Gasteiger partial charge < -0.3 is 15.9 Å². The van der Waals surface area contributed by atoms with Crippen LogP contribution in [0.4, 0.5) is 13.2 Å². The highest BCUT2D eigenvalue weighted by Gasteiger charge is 2.43. The molecule has 0 amide bonds. The van der Waals surface area contributed by atoms with E-state index in [0.717, 1.165) is 0 Å². The SMILES string of the molecule is Cc1cccc([C@@H](N)[C@@H](O)C(F)(F)F)c1O.Cl. The molecule has 0 bridgehead atoms. The summed E-state index contributed by atoms with van der Waals surface area (Å²) in [5, 5.41) is 18.5. The van der Waals surface area contributed by atoms with Crippen molar-refractivity contribution < 1.29 is 23.4 Å². The van der Waals surface area contributed by atoms with Crippen LogP contribution >= 0.6 is 12.4 Å². The van der Waals surface area contributed by atoms with Crippen molar-refractivity contribution in [3.05, 3.63) is 29.3 Å². The maximum Gasteiger partial charge on any atom is 0.416 e. The van der Waals surface area contributed by atoms with Crippen molar-refractivity contribution in [1.82, 2.24) is 0 Å². The quantitative estimate of drug-likeness (QED) is 0.771. The highest BCUT2D eigenvalue weighted by molar-refractivity contribution is 5.85. The Balaban J connectivity index is 0.00000256. The Kier molecular flexibility index (Phi) is 5.25. The normalized spacial score (nSPS) is 14.9. The van der Waals surface area contributed by atoms with Gasteiger partial charge >= 0.3 is 6.18 Å². The number of halogens is 4. The van der Waals surface area contributed by atoms with Gasteiger partial charge in [-0.3, -0.25) is 0 Å². The molecule has 2 atom stereocenters. The van der Waals surface area contributed by atoms with E-state index in [9.17, 15) is 18.3 Å². The van der Waals surface area contributed by atoms with Crippen LogP contribution in [0.1, 0.15) is 17.2 Å². The largest absolute Gasteiger partial charge is 0.507 e. The smallest absolute Gasteiger partial charge is 0.416 e. The number of nitrogens with two attached hydrogens (primary N) is 1. The molecule has 1 aromatic carbocycles. The summed E-state index contributed by atoms with van der Waals surface area (Å²) in [7, 11) is 0. The molecule has 0 fully saturated rings. The second-order valence-electron chi connectivity index (χ2n) is 3.52. The van der Waals surface area contributed by atoms with Crippen LogP contribution in [0, 0.1) is 6.92 Å². The second kappa shape index (κ2) is 5.57. The second-order valence-corrected chi connectivity index (χ2v) is 3.52. The van der Waals surface area contributed by atoms with Gasteiger partial charge in [0.15, 0.2) is 6.10 Å². The minimum Gasteiger partial charge on any atom is -0.507 e. The van der Waals surface area contributed by atoms with E-state index in [1.165, 1.54) is 25.1 Å². The molecule has 0 aliphatic carbocycles. The average molecular weight is 272 g/mol. The number of hydrogen-bond donors (Lipinski definition) is 3. The Morgan fingerprint density at radius 3 is 2.29 bits per heavy atom. The number of aliphatic hydroxyl groups excluding tert-OH is 1. The van der Waals surface area contributed by atoms with Crippen LogP contribution in [-0.4, -0.2) is 22.5 Å². The lowest BCUT2D eigenvalue weighted by molar-refractivity contribution is -0.210. The molecule has 17 heavy (non-hydrogen) atoms. The number of rotatable bonds is 2. The fourth-order valence-corrected chi connectivity index (χ4v) is 1.32. The third kappa shape index (κ3) is 3.49. The summed E-state index contributed by atoms with van der Waals surface area (Å²) in [6, 6.07) is 2.56. The molecule has 7 heteroatoms. The van der Waals surface area contributed by atoms with Crippen molar-refractivity contribution in [1.29, 1.82) is 0 Å². The molecule has 0 aliphatic heterocycles. The number of hydrogen-bond acceptors (Lipinski definition) is 3. The maximum atomic E-state index is 12.2. The van der Waals surface area contributed by atoms with Crippen LogP contribution in [0.2, 0.25) is 0 Å². The fraction of sp³-hybridized carbons (Fsp3) is 0.400. The van der Waals surface area contributed by atoms with Crippen LogP contribution in [0.5, 0.6) is 5.75 Å². The van der Waals surface area contributed by atoms with Crippen molar-refractivity contribution in [3.8, 4) is 5.75 Å². The number of para-hydroxylation sites is 1. The van der Waals surface area contributed by atoms with E-state index in [2.05, 4.69) is 0 Å². The number of alkyl halides is 3. The minimum atomic E-state index is -4.81. The van der Waals surface area contributed by atoms with Crippen molar-refractivity contribution in [2.24, 2.45) is 5.73 Å². The zero-order valence-corrected chi connectivity index (χ0v) is 9.72. The number of phenols is 1. The molecular weight excluding hydrogens is 259 g/mol. The Morgan fingerprint density at radius 1 is 1.29 bits per heavy atom. The molecule has 0 radical (unpaired) electrons. The lowest BCUT2D eigenvalue weighted by atomic mass is 9.99. The molecule has 0 spiro atoms. The van der Waals surface area contributed by atoms with Gasteiger partial charge in [0.2, 0.25) is 0 Å². The predicted molar refractivity (Wildman–Crippen MR) is 59.1 cm³/mol. The first-order valence-corrected chi connectivity index (χ1v) is 4.54. The average Bonchev–Trinajstić information content (AvgIpc) is 2.18. The Morgan fingerprint density at radius 2 is 1.82 bits per heavy atom. The topological polar surface area (TPSA) is 66.5 Å². The summed E-state index contributed by atoms with van der Waals surface area (Å²) in [5.41, 5.74) is 5.55. The van der Waals surface area contributed by atoms with Gasteiger partial charge in [-0.25, -0.2) is 0 Å². The number of benzene rings is 1. The van der Waals surface area contributed by atoms with Gasteiger partial charge in [-0.15, -0.1) is 12.4 Å². The number of aryl methyl sites for hydroxylation is 1. The molecule has 0 saturated heterocycles. The maximum absolute atomic E-state index is 12.2. The van der Waals surface area contributed by atoms with Crippen molar-refractivity contribution in [2.45, 2.75) is 25.2 Å². The number of aromatic hydroxyl groups is 1. The van der Waals surface area contributed by atoms with E-state index < -0.39 is 18.3 Å². The molecule has 3 nitrogen and oxygen atoms in total. The van der Waals surface area contributed by atoms with E-state index in [0.29, 0.717) is 5.56 Å². The summed E-state index contributed by atoms with van der Waals surface area (Å²) < 4.78 is 36.6. The molecule has 0 saturated carbocycles. The molecule has 0 aliphatic rings. The van der Waals surface area contributed by atoms with E-state index in [1.807, 2.05) is 0 Å². The highest BCUT2D eigenvalue weighted by Crippen LogP contribution is 2.33. The van der Waals surface area contributed by atoms with Gasteiger partial charge in [0.1, 0.15) is 5.75 Å². The zero-order valence-electron chi connectivity index (χ0n) is 8.90. The predicted octanol–water partition coefficient (Wildman–Crippen LogP) is 2.05. The molecule has 4 N–H and O–H groups in total. The molecule has 1 aromatic rings. The third-order valence-electron chi connectivity index (χ3n) is 2.30. The van der Waals surface area contributed by atoms with Gasteiger partial charge in [0.05, 0.1) is 6.04 Å². The minimum absolute atomic E-state index is 0. The van der Waals surface area contributed by atoms with Crippen LogP contribution in [0.3, 0.4) is 0 Å². The Labute approximate surface area is 102 Å². The summed E-state index contributed by atoms with van der Waals surface area (Å²) in [5.74, 6) is -0.321. The van der Waals surface area contributed by atoms with E-state index in [1.54, 1.807) is 0 Å². The van der Waals surface area contributed by atoms with Crippen molar-refractivity contribution in [2.75, 3.05) is 0 Å². The van der Waals surface area contributed by atoms with Gasteiger partial charge in [-0.1, -0.05) is 18.2 Å². The van der Waals surface area contributed by atoms with E-state index in [4.69, 9.17) is 10.8 Å². The van der Waals surface area contributed by atoms with Gasteiger partial charge in [-0.2, -0.15) is 13.2 Å². The highest BCUT2D eigenvalue weighted by atomic mass is 35.5. The van der Waals surface area contributed by atoms with Crippen LogP contribution in [-0.2, 0) is 0 Å². The molecule has 1 rings (SSSR count).